The number of aliphatic carboxylic acids is 1. The van der Waals surface area contributed by atoms with E-state index in [4.69, 9.17) is 9.84 Å². The molecule has 1 aromatic heterocycles. The van der Waals surface area contributed by atoms with Crippen molar-refractivity contribution in [2.24, 2.45) is 0 Å². The predicted molar refractivity (Wildman–Crippen MR) is 148 cm³/mol. The van der Waals surface area contributed by atoms with E-state index in [0.717, 1.165) is 47.3 Å². The molecule has 0 saturated carbocycles. The van der Waals surface area contributed by atoms with Crippen molar-refractivity contribution in [2.45, 2.75) is 38.7 Å². The minimum Gasteiger partial charge on any atom is -0.489 e. The molecule has 1 N–H and O–H groups in total. The fourth-order valence-electron chi connectivity index (χ4n) is 4.74. The number of carboxylic acid groups (broad SMARTS) is 1. The van der Waals surface area contributed by atoms with Crippen LogP contribution in [0.5, 0.6) is 5.75 Å². The van der Waals surface area contributed by atoms with Crippen LogP contribution in [0.1, 0.15) is 35.1 Å². The Balaban J connectivity index is 1.38. The van der Waals surface area contributed by atoms with Crippen LogP contribution in [0, 0.1) is 0 Å². The summed E-state index contributed by atoms with van der Waals surface area (Å²) in [5, 5.41) is 10.3. The van der Waals surface area contributed by atoms with Gasteiger partial charge in [0, 0.05) is 23.7 Å². The minimum absolute atomic E-state index is 0.139. The van der Waals surface area contributed by atoms with Crippen LogP contribution in [-0.4, -0.2) is 15.6 Å². The molecular formula is C33H31NO3. The Morgan fingerprint density at radius 2 is 1.43 bits per heavy atom. The van der Waals surface area contributed by atoms with Gasteiger partial charge in [-0.2, -0.15) is 0 Å². The molecule has 0 aliphatic carbocycles. The van der Waals surface area contributed by atoms with Crippen LogP contribution in [-0.2, 0) is 30.7 Å². The summed E-state index contributed by atoms with van der Waals surface area (Å²) in [4.78, 5) is 11.1. The van der Waals surface area contributed by atoms with E-state index in [2.05, 4.69) is 71.4 Å². The second kappa shape index (κ2) is 11.6. The zero-order valence-electron chi connectivity index (χ0n) is 20.8. The molecule has 0 bridgehead atoms. The smallest absolute Gasteiger partial charge is 0.303 e. The Morgan fingerprint density at radius 1 is 0.730 bits per heavy atom. The number of aryl methyl sites for hydroxylation is 3. The lowest BCUT2D eigenvalue weighted by Gasteiger charge is -2.09. The standard InChI is InChI=1S/C33H31NO3/c35-33(36)21-15-26-14-20-32-31(22-26)28(13-7-12-25-8-3-1-4-9-25)23-34(32)29-16-18-30(19-17-29)37-24-27-10-5-2-6-11-27/h1-6,8-11,14,16-20,22-23H,7,12-13,15,21,24H2,(H,35,36). The van der Waals surface area contributed by atoms with Crippen molar-refractivity contribution < 1.29 is 14.6 Å². The molecular weight excluding hydrogens is 458 g/mol. The van der Waals surface area contributed by atoms with Crippen molar-refractivity contribution in [3.63, 3.8) is 0 Å². The Labute approximate surface area is 217 Å². The van der Waals surface area contributed by atoms with Crippen molar-refractivity contribution in [2.75, 3.05) is 0 Å². The fraction of sp³-hybridized carbons (Fsp3) is 0.182. The molecule has 0 unspecified atom stereocenters. The first-order valence-electron chi connectivity index (χ1n) is 12.8. The molecule has 4 nitrogen and oxygen atoms in total. The Kier molecular flexibility index (Phi) is 7.66. The lowest BCUT2D eigenvalue weighted by Crippen LogP contribution is -1.98. The molecule has 37 heavy (non-hydrogen) atoms. The second-order valence-electron chi connectivity index (χ2n) is 9.38. The van der Waals surface area contributed by atoms with Crippen LogP contribution in [0.25, 0.3) is 16.6 Å². The largest absolute Gasteiger partial charge is 0.489 e. The van der Waals surface area contributed by atoms with Gasteiger partial charge in [0.2, 0.25) is 0 Å². The number of rotatable bonds is 11. The zero-order valence-corrected chi connectivity index (χ0v) is 20.8. The van der Waals surface area contributed by atoms with Crippen molar-refractivity contribution in [1.82, 2.24) is 4.57 Å². The van der Waals surface area contributed by atoms with Gasteiger partial charge in [0.05, 0.1) is 5.52 Å². The quantitative estimate of drug-likeness (QED) is 0.210. The summed E-state index contributed by atoms with van der Waals surface area (Å²) in [6.45, 7) is 0.539. The average molecular weight is 490 g/mol. The maximum absolute atomic E-state index is 11.1. The summed E-state index contributed by atoms with van der Waals surface area (Å²) in [7, 11) is 0. The maximum Gasteiger partial charge on any atom is 0.303 e. The third-order valence-corrected chi connectivity index (χ3v) is 6.70. The number of aromatic nitrogens is 1. The number of nitrogens with zero attached hydrogens (tertiary/aromatic N) is 1. The second-order valence-corrected chi connectivity index (χ2v) is 9.38. The molecule has 0 spiro atoms. The van der Waals surface area contributed by atoms with Gasteiger partial charge < -0.3 is 14.4 Å². The summed E-state index contributed by atoms with van der Waals surface area (Å²) in [6.07, 6.45) is 5.94. The number of carboxylic acids is 1. The van der Waals surface area contributed by atoms with E-state index >= 15 is 0 Å². The zero-order chi connectivity index (χ0) is 25.5. The van der Waals surface area contributed by atoms with Gasteiger partial charge in [0.1, 0.15) is 12.4 Å². The summed E-state index contributed by atoms with van der Waals surface area (Å²) in [5.74, 6) is 0.0680. The van der Waals surface area contributed by atoms with Crippen LogP contribution in [0.3, 0.4) is 0 Å². The molecule has 0 aliphatic rings. The fourth-order valence-corrected chi connectivity index (χ4v) is 4.74. The molecule has 186 valence electrons. The van der Waals surface area contributed by atoms with Crippen molar-refractivity contribution in [3.8, 4) is 11.4 Å². The number of fused-ring (bicyclic) bond motifs is 1. The normalized spacial score (nSPS) is 11.0. The van der Waals surface area contributed by atoms with Crippen molar-refractivity contribution >= 4 is 16.9 Å². The van der Waals surface area contributed by atoms with Gasteiger partial charge in [-0.1, -0.05) is 66.7 Å². The first-order valence-corrected chi connectivity index (χ1v) is 12.8. The molecule has 4 heteroatoms. The number of hydrogen-bond donors (Lipinski definition) is 1. The SMILES string of the molecule is O=C(O)CCc1ccc2c(c1)c(CCCc1ccccc1)cn2-c1ccc(OCc2ccccc2)cc1. The van der Waals surface area contributed by atoms with E-state index in [1.165, 1.54) is 16.5 Å². The first-order chi connectivity index (χ1) is 18.2. The highest BCUT2D eigenvalue weighted by Gasteiger charge is 2.12. The predicted octanol–water partition coefficient (Wildman–Crippen LogP) is 7.40. The molecule has 4 aromatic carbocycles. The van der Waals surface area contributed by atoms with E-state index < -0.39 is 5.97 Å². The molecule has 0 radical (unpaired) electrons. The Morgan fingerprint density at radius 3 is 2.14 bits per heavy atom. The van der Waals surface area contributed by atoms with Gasteiger partial charge in [-0.25, -0.2) is 0 Å². The van der Waals surface area contributed by atoms with Crippen LogP contribution in [0.2, 0.25) is 0 Å². The van der Waals surface area contributed by atoms with Gasteiger partial charge >= 0.3 is 5.97 Å². The average Bonchev–Trinajstić information content (AvgIpc) is 3.30. The summed E-state index contributed by atoms with van der Waals surface area (Å²) >= 11 is 0. The van der Waals surface area contributed by atoms with E-state index in [0.29, 0.717) is 13.0 Å². The number of hydrogen-bond acceptors (Lipinski definition) is 2. The lowest BCUT2D eigenvalue weighted by molar-refractivity contribution is -0.136. The third kappa shape index (κ3) is 6.28. The van der Waals surface area contributed by atoms with E-state index in [1.807, 2.05) is 42.5 Å². The monoisotopic (exact) mass is 489 g/mol. The number of ether oxygens (including phenoxy) is 1. The topological polar surface area (TPSA) is 51.5 Å². The molecule has 5 aromatic rings. The molecule has 1 heterocycles. The minimum atomic E-state index is -0.768. The molecule has 0 fully saturated rings. The molecule has 5 rings (SSSR count). The summed E-state index contributed by atoms with van der Waals surface area (Å²) < 4.78 is 8.21. The molecule has 0 amide bonds. The highest BCUT2D eigenvalue weighted by Crippen LogP contribution is 2.29. The first kappa shape index (κ1) is 24.4. The van der Waals surface area contributed by atoms with Gasteiger partial charge in [-0.3, -0.25) is 4.79 Å². The maximum atomic E-state index is 11.1. The molecule has 0 aliphatic heterocycles. The van der Waals surface area contributed by atoms with Gasteiger partial charge in [-0.15, -0.1) is 0 Å². The van der Waals surface area contributed by atoms with E-state index in [-0.39, 0.29) is 6.42 Å². The Bertz CT molecular complexity index is 1450. The molecule has 0 atom stereocenters. The van der Waals surface area contributed by atoms with Crippen LogP contribution in [0.15, 0.2) is 109 Å². The highest BCUT2D eigenvalue weighted by atomic mass is 16.5. The summed E-state index contributed by atoms with van der Waals surface area (Å²) in [5.41, 5.74) is 7.03. The van der Waals surface area contributed by atoms with Crippen molar-refractivity contribution in [3.05, 3.63) is 132 Å². The van der Waals surface area contributed by atoms with Crippen LogP contribution in [0.4, 0.5) is 0 Å². The number of benzene rings is 4. The number of carbonyl (C=O) groups is 1. The Hall–Kier alpha value is -4.31. The van der Waals surface area contributed by atoms with Gasteiger partial charge in [0.25, 0.3) is 0 Å². The molecule has 0 saturated heterocycles. The van der Waals surface area contributed by atoms with E-state index in [9.17, 15) is 4.79 Å². The van der Waals surface area contributed by atoms with Gasteiger partial charge in [-0.05, 0) is 84.3 Å². The third-order valence-electron chi connectivity index (χ3n) is 6.70. The lowest BCUT2D eigenvalue weighted by atomic mass is 10.0. The highest BCUT2D eigenvalue weighted by molar-refractivity contribution is 5.86. The van der Waals surface area contributed by atoms with E-state index in [1.54, 1.807) is 0 Å². The summed E-state index contributed by atoms with van der Waals surface area (Å²) in [6, 6.07) is 35.3. The van der Waals surface area contributed by atoms with Crippen molar-refractivity contribution in [1.29, 1.82) is 0 Å². The van der Waals surface area contributed by atoms with Crippen LogP contribution < -0.4 is 4.74 Å². The van der Waals surface area contributed by atoms with Crippen LogP contribution >= 0.6 is 0 Å². The van der Waals surface area contributed by atoms with Gasteiger partial charge in [0.15, 0.2) is 0 Å².